The average Bonchev–Trinajstić information content (AvgIpc) is 0.745. The zero-order chi connectivity index (χ0) is 89.6. The number of aliphatic hydroxyl groups excluding tert-OH is 25. The Morgan fingerprint density at radius 2 is 0.669 bits per heavy atom. The summed E-state index contributed by atoms with van der Waals surface area (Å²) < 4.78 is 101. The van der Waals surface area contributed by atoms with E-state index in [0.717, 1.165) is 34.6 Å². The quantitative estimate of drug-likeness (QED) is 0.0290. The van der Waals surface area contributed by atoms with Crippen molar-refractivity contribution < 1.29 is 242 Å². The molecule has 0 aromatic rings. The molecule has 9 saturated heterocycles. The monoisotopic (exact) mass is 1770 g/mol. The largest absolute Gasteiger partial charge is 0.477 e. The molecule has 0 aliphatic carbocycles. The Hall–Kier alpha value is -4.86. The van der Waals surface area contributed by atoms with Crippen molar-refractivity contribution >= 4 is 35.5 Å². The van der Waals surface area contributed by atoms with Gasteiger partial charge in [-0.1, -0.05) is 0 Å². The lowest BCUT2D eigenvalue weighted by molar-refractivity contribution is -0.400. The summed E-state index contributed by atoms with van der Waals surface area (Å²) in [6, 6.07) is -9.33. The van der Waals surface area contributed by atoms with Crippen LogP contribution < -0.4 is 26.6 Å². The maximum Gasteiger partial charge on any atom is 0.364 e. The van der Waals surface area contributed by atoms with Gasteiger partial charge in [-0.25, -0.2) is 4.79 Å². The molecule has 54 nitrogen and oxygen atoms in total. The molecule has 46 atom stereocenters. The second-order valence-corrected chi connectivity index (χ2v) is 30.3. The van der Waals surface area contributed by atoms with Crippen LogP contribution in [0.1, 0.15) is 41.0 Å². The van der Waals surface area contributed by atoms with Crippen molar-refractivity contribution in [3.8, 4) is 0 Å². The second-order valence-electron chi connectivity index (χ2n) is 30.3. The molecule has 9 heterocycles. The average molecular weight is 1770 g/mol. The molecule has 9 aliphatic rings. The zero-order valence-electron chi connectivity index (χ0n) is 65.1. The number of aliphatic carboxylic acids is 1. The van der Waals surface area contributed by atoms with E-state index in [1.807, 2.05) is 0 Å². The van der Waals surface area contributed by atoms with Crippen LogP contribution in [0.5, 0.6) is 0 Å². The topological polar surface area (TPSA) is 845 Å². The molecule has 54 heteroatoms. The lowest BCUT2D eigenvalue weighted by Gasteiger charge is -2.52. The fourth-order valence-corrected chi connectivity index (χ4v) is 15.6. The molecule has 0 spiro atoms. The molecule has 9 aliphatic heterocycles. The van der Waals surface area contributed by atoms with Gasteiger partial charge in [-0.2, -0.15) is 0 Å². The first-order valence-corrected chi connectivity index (χ1v) is 38.3. The maximum absolute atomic E-state index is 13.8. The fraction of sp³-hybridized carbons (Fsp3) is 0.910. The molecule has 0 aromatic carbocycles. The van der Waals surface area contributed by atoms with Gasteiger partial charge in [-0.05, 0) is 0 Å². The molecule has 121 heavy (non-hydrogen) atoms. The number of hydrogen-bond acceptors (Lipinski definition) is 48. The number of nitrogens with one attached hydrogen (secondary N) is 5. The number of carboxylic acid groups (broad SMARTS) is 1. The van der Waals surface area contributed by atoms with Gasteiger partial charge in [0.2, 0.25) is 29.5 Å². The summed E-state index contributed by atoms with van der Waals surface area (Å²) in [5, 5.41) is 302. The highest BCUT2D eigenvalue weighted by molar-refractivity contribution is 5.77. The molecule has 0 radical (unpaired) electrons. The van der Waals surface area contributed by atoms with Crippen molar-refractivity contribution in [2.45, 2.75) is 323 Å². The Kier molecular flexibility index (Phi) is 35.7. The minimum atomic E-state index is -3.46. The Labute approximate surface area is 684 Å². The first-order valence-electron chi connectivity index (χ1n) is 38.3. The second kappa shape index (κ2) is 43.3. The first kappa shape index (κ1) is 99.9. The highest BCUT2D eigenvalue weighted by Gasteiger charge is 2.64. The molecule has 0 saturated carbocycles. The number of carbonyl (C=O) groups is 6. The van der Waals surface area contributed by atoms with Gasteiger partial charge in [0.25, 0.3) is 5.79 Å². The summed E-state index contributed by atoms with van der Waals surface area (Å²) >= 11 is 0. The maximum atomic E-state index is 13.8. The van der Waals surface area contributed by atoms with Crippen LogP contribution in [-0.2, 0) is 109 Å². The van der Waals surface area contributed by atoms with Crippen LogP contribution >= 0.6 is 0 Å². The predicted molar refractivity (Wildman–Crippen MR) is 372 cm³/mol. The van der Waals surface area contributed by atoms with Crippen molar-refractivity contribution in [1.82, 2.24) is 26.6 Å². The van der Waals surface area contributed by atoms with Gasteiger partial charge in [0.1, 0.15) is 213 Å². The van der Waals surface area contributed by atoms with Gasteiger partial charge in [-0.15, -0.1) is 0 Å². The molecule has 9 fully saturated rings. The molecule has 698 valence electrons. The van der Waals surface area contributed by atoms with E-state index in [2.05, 4.69) is 26.6 Å². The fourth-order valence-electron chi connectivity index (χ4n) is 15.6. The third-order valence-electron chi connectivity index (χ3n) is 21.7. The summed E-state index contributed by atoms with van der Waals surface area (Å²) in [7, 11) is 0. The van der Waals surface area contributed by atoms with Gasteiger partial charge < -0.3 is 240 Å². The summed E-state index contributed by atoms with van der Waals surface area (Å²) in [5.41, 5.74) is 0. The Morgan fingerprint density at radius 3 is 1.12 bits per heavy atom. The van der Waals surface area contributed by atoms with Crippen molar-refractivity contribution in [3.05, 3.63) is 0 Å². The highest BCUT2D eigenvalue weighted by atomic mass is 16.8. The van der Waals surface area contributed by atoms with E-state index < -0.39 is 383 Å². The summed E-state index contributed by atoms with van der Waals surface area (Å²) in [5.74, 6) is -10.3. The van der Waals surface area contributed by atoms with Gasteiger partial charge in [0, 0.05) is 41.0 Å². The lowest BCUT2D eigenvalue weighted by atomic mass is 9.88. The van der Waals surface area contributed by atoms with Crippen LogP contribution in [0.25, 0.3) is 0 Å². The Bertz CT molecular complexity index is 3340. The van der Waals surface area contributed by atoms with Crippen LogP contribution in [0.2, 0.25) is 0 Å². The predicted octanol–water partition coefficient (Wildman–Crippen LogP) is -20.7. The van der Waals surface area contributed by atoms with E-state index >= 15 is 0 Å². The van der Waals surface area contributed by atoms with Crippen LogP contribution in [-0.4, -0.2) is 509 Å². The van der Waals surface area contributed by atoms with Gasteiger partial charge in [-0.3, -0.25) is 24.0 Å². The zero-order valence-corrected chi connectivity index (χ0v) is 65.1. The highest BCUT2D eigenvalue weighted by Crippen LogP contribution is 2.43. The molecular weight excluding hydrogens is 1660 g/mol. The van der Waals surface area contributed by atoms with Crippen LogP contribution in [0.3, 0.4) is 0 Å². The molecule has 0 aromatic heterocycles. The van der Waals surface area contributed by atoms with Gasteiger partial charge >= 0.3 is 5.97 Å². The first-order chi connectivity index (χ1) is 57.1. The minimum absolute atomic E-state index is 0.827. The molecule has 9 rings (SSSR count). The molecule has 0 unspecified atom stereocenters. The molecule has 5 amide bonds. The van der Waals surface area contributed by atoms with Crippen LogP contribution in [0.15, 0.2) is 0 Å². The molecule has 0 bridgehead atoms. The van der Waals surface area contributed by atoms with Crippen molar-refractivity contribution in [1.29, 1.82) is 0 Å². The lowest BCUT2D eigenvalue weighted by Crippen LogP contribution is -2.72. The number of aliphatic hydroxyl groups is 25. The minimum Gasteiger partial charge on any atom is -0.477 e. The van der Waals surface area contributed by atoms with Gasteiger partial charge in [0.05, 0.1) is 71.6 Å². The number of carbonyl (C=O) groups excluding carboxylic acids is 5. The Balaban J connectivity index is 1.02. The van der Waals surface area contributed by atoms with E-state index in [0.29, 0.717) is 0 Å². The third-order valence-corrected chi connectivity index (χ3v) is 21.7. The van der Waals surface area contributed by atoms with E-state index in [-0.39, 0.29) is 0 Å². The van der Waals surface area contributed by atoms with Crippen LogP contribution in [0, 0.1) is 0 Å². The van der Waals surface area contributed by atoms with Crippen molar-refractivity contribution in [3.63, 3.8) is 0 Å². The number of rotatable bonds is 33. The smallest absolute Gasteiger partial charge is 0.364 e. The molecule has 31 N–H and O–H groups in total. The number of carboxylic acids is 1. The summed E-state index contributed by atoms with van der Waals surface area (Å²) in [6.45, 7) is -5.83. The number of ether oxygens (including phenoxy) is 17. The van der Waals surface area contributed by atoms with E-state index in [4.69, 9.17) is 80.5 Å². The van der Waals surface area contributed by atoms with Crippen LogP contribution in [0.4, 0.5) is 0 Å². The SMILES string of the molecule is CC(=O)N[C@H]1[C@H](OC[C@H]2O[C@@H](O[C@H]3[C@H](O)[C@@H](O)[C@H](O)O[C@@H]3CO)[C@H](O)[C@@H](O[C@H]3O[C@H](CO)[C@H](O)[C@H](O[C@@H]4O[C@H](CO)[C@H](O)[C@H](O[C@H]5O[C@H](CO)[C@H](O)[C@H](O)[C@H]5NC(C)=O)[C@H]4NC(C)=O)[C@H]3O)[C@H]2O)O[C@H](CO)[C@@H](O[C@@H]2O[C@H](CO)[C@H](O[C@@H]3O[C@H](CO)[C@H](O)[C@H](O)[C@H]3NC(C)=O)[C@H](O[C@]3(C(=O)O)C[C@H](O)[C@@H](NC(C)=O)[C@H]([C@H](O)[C@H](O)CO)O3)[C@H]2O)[C@@H]1O. The summed E-state index contributed by atoms with van der Waals surface area (Å²) in [6.07, 6.45) is -88.3. The summed E-state index contributed by atoms with van der Waals surface area (Å²) in [4.78, 5) is 77.4. The number of hydrogen-bond donors (Lipinski definition) is 31. The van der Waals surface area contributed by atoms with Crippen molar-refractivity contribution in [2.75, 3.05) is 59.5 Å². The van der Waals surface area contributed by atoms with E-state index in [9.17, 15) is 162 Å². The number of amides is 5. The third kappa shape index (κ3) is 22.3. The Morgan fingerprint density at radius 1 is 0.339 bits per heavy atom. The van der Waals surface area contributed by atoms with E-state index in [1.165, 1.54) is 0 Å². The van der Waals surface area contributed by atoms with E-state index in [1.54, 1.807) is 0 Å². The van der Waals surface area contributed by atoms with Crippen molar-refractivity contribution in [2.24, 2.45) is 0 Å². The normalized spacial score (nSPS) is 46.6. The van der Waals surface area contributed by atoms with Gasteiger partial charge in [0.15, 0.2) is 50.3 Å². The molecular formula is C67H111N5O49. The standard InChI is InChI=1S/C67H111N5O49/c1-16(81)68-31-21(86)6-67(66(103)104,120-54(31)36(88)22(87)7-73)121-57-49(101)65(112-29(14-80)52(57)116-60-32(69-17(2)82)42(94)37(89)23(8-74)107-60)114-50-28(13-79)111-59(34(44(50)96)71-19(4)84)105-15-30-41(93)56(48(100)64(113-30)115-51-27(12-78)106-58(102)46(98)45(51)97)119-63-47(99)55(40(92)26(11-77)110-63)118-62-35(72-20(5)85)53(39(91)25(10-76)109-62)117-61-33(70-18(3)83)43(95)38(90)24(9-75)108-61/h21-65,73-80,86-102H,6-15H2,1-5H3,(H,68,81)(H,69,82)(H,70,83)(H,71,84)(H,72,85)(H,103,104)/t21-,22+,23+,24+,25+,26+,27+,28+,29+,30+,31+,32+,33+,34+,35+,36+,37-,38-,39-,40-,41-,42+,43+,44+,45+,46+,47+,48+,49+,50+,51+,52-,53+,54+,55-,56-,57+,58+,59+,60-,61+,62-,63+,64-,65-,67-/m0/s1.